The van der Waals surface area contributed by atoms with Crippen molar-refractivity contribution < 1.29 is 5.11 Å². The van der Waals surface area contributed by atoms with Gasteiger partial charge in [0.15, 0.2) is 0 Å². The molecule has 0 aromatic heterocycles. The van der Waals surface area contributed by atoms with E-state index in [-0.39, 0.29) is 6.10 Å². The van der Waals surface area contributed by atoms with E-state index >= 15 is 0 Å². The van der Waals surface area contributed by atoms with Crippen molar-refractivity contribution in [3.63, 3.8) is 0 Å². The molecule has 0 aromatic carbocycles. The van der Waals surface area contributed by atoms with Crippen molar-refractivity contribution in [1.82, 2.24) is 0 Å². The fourth-order valence-corrected chi connectivity index (χ4v) is 1.26. The van der Waals surface area contributed by atoms with E-state index in [4.69, 9.17) is 5.11 Å². The standard InChI is InChI=1S/C8H14O/c1-8(2)5-3-4-7(9)6-8/h3-4,7,9H,5-6H2,1-2H3/t7-/m1/s1. The van der Waals surface area contributed by atoms with Crippen LogP contribution < -0.4 is 0 Å². The first kappa shape index (κ1) is 6.81. The van der Waals surface area contributed by atoms with E-state index in [1.165, 1.54) is 0 Å². The first-order chi connectivity index (χ1) is 4.10. The Morgan fingerprint density at radius 1 is 1.56 bits per heavy atom. The second kappa shape index (κ2) is 2.14. The predicted octanol–water partition coefficient (Wildman–Crippen LogP) is 1.72. The third kappa shape index (κ3) is 1.83. The van der Waals surface area contributed by atoms with Crippen LogP contribution in [0.5, 0.6) is 0 Å². The summed E-state index contributed by atoms with van der Waals surface area (Å²) < 4.78 is 0. The second-order valence-corrected chi connectivity index (χ2v) is 3.57. The zero-order valence-corrected chi connectivity index (χ0v) is 6.09. The minimum atomic E-state index is -0.200. The first-order valence-electron chi connectivity index (χ1n) is 3.45. The molecule has 1 heteroatoms. The summed E-state index contributed by atoms with van der Waals surface area (Å²) in [4.78, 5) is 0. The molecular formula is C8H14O. The molecule has 0 heterocycles. The van der Waals surface area contributed by atoms with Crippen LogP contribution in [0.15, 0.2) is 12.2 Å². The van der Waals surface area contributed by atoms with Crippen LogP contribution >= 0.6 is 0 Å². The van der Waals surface area contributed by atoms with Gasteiger partial charge in [0.2, 0.25) is 0 Å². The highest BCUT2D eigenvalue weighted by atomic mass is 16.3. The summed E-state index contributed by atoms with van der Waals surface area (Å²) in [5.74, 6) is 0. The van der Waals surface area contributed by atoms with Gasteiger partial charge in [-0.2, -0.15) is 0 Å². The predicted molar refractivity (Wildman–Crippen MR) is 38.2 cm³/mol. The normalized spacial score (nSPS) is 32.6. The van der Waals surface area contributed by atoms with Crippen LogP contribution in [0.2, 0.25) is 0 Å². The fourth-order valence-electron chi connectivity index (χ4n) is 1.26. The molecule has 0 spiro atoms. The maximum absolute atomic E-state index is 9.16. The summed E-state index contributed by atoms with van der Waals surface area (Å²) in [7, 11) is 0. The van der Waals surface area contributed by atoms with E-state index in [1.54, 1.807) is 0 Å². The fraction of sp³-hybridized carbons (Fsp3) is 0.750. The van der Waals surface area contributed by atoms with Gasteiger partial charge in [0, 0.05) is 0 Å². The lowest BCUT2D eigenvalue weighted by Crippen LogP contribution is -2.21. The van der Waals surface area contributed by atoms with Gasteiger partial charge in [0.05, 0.1) is 6.10 Å². The van der Waals surface area contributed by atoms with Crippen molar-refractivity contribution in [3.05, 3.63) is 12.2 Å². The second-order valence-electron chi connectivity index (χ2n) is 3.57. The van der Waals surface area contributed by atoms with Gasteiger partial charge in [0.1, 0.15) is 0 Å². The maximum Gasteiger partial charge on any atom is 0.0726 e. The SMILES string of the molecule is CC1(C)CC=C[C@@H](O)C1. The average Bonchev–Trinajstić information content (AvgIpc) is 1.60. The molecule has 0 fully saturated rings. The molecule has 1 aliphatic carbocycles. The van der Waals surface area contributed by atoms with Crippen LogP contribution in [0, 0.1) is 5.41 Å². The molecule has 0 unspecified atom stereocenters. The van der Waals surface area contributed by atoms with Crippen LogP contribution in [0.1, 0.15) is 26.7 Å². The maximum atomic E-state index is 9.16. The summed E-state index contributed by atoms with van der Waals surface area (Å²) >= 11 is 0. The lowest BCUT2D eigenvalue weighted by Gasteiger charge is -2.28. The van der Waals surface area contributed by atoms with Gasteiger partial charge < -0.3 is 5.11 Å². The van der Waals surface area contributed by atoms with Crippen molar-refractivity contribution in [2.75, 3.05) is 0 Å². The molecule has 0 bridgehead atoms. The van der Waals surface area contributed by atoms with Crippen LogP contribution in [0.4, 0.5) is 0 Å². The van der Waals surface area contributed by atoms with E-state index in [0.717, 1.165) is 12.8 Å². The third-order valence-corrected chi connectivity index (χ3v) is 1.79. The van der Waals surface area contributed by atoms with E-state index in [1.807, 2.05) is 6.08 Å². The summed E-state index contributed by atoms with van der Waals surface area (Å²) in [5, 5.41) is 9.16. The number of hydrogen-bond donors (Lipinski definition) is 1. The van der Waals surface area contributed by atoms with Gasteiger partial charge in [-0.05, 0) is 18.3 Å². The number of hydrogen-bond acceptors (Lipinski definition) is 1. The van der Waals surface area contributed by atoms with Crippen molar-refractivity contribution in [1.29, 1.82) is 0 Å². The highest BCUT2D eigenvalue weighted by Crippen LogP contribution is 2.30. The molecule has 9 heavy (non-hydrogen) atoms. The van der Waals surface area contributed by atoms with Gasteiger partial charge in [-0.1, -0.05) is 26.0 Å². The summed E-state index contributed by atoms with van der Waals surface area (Å²) in [5.41, 5.74) is 0.314. The minimum absolute atomic E-state index is 0.200. The van der Waals surface area contributed by atoms with Gasteiger partial charge in [-0.15, -0.1) is 0 Å². The van der Waals surface area contributed by atoms with E-state index < -0.39 is 0 Å². The smallest absolute Gasteiger partial charge is 0.0726 e. The molecule has 0 aliphatic heterocycles. The van der Waals surface area contributed by atoms with Gasteiger partial charge in [-0.3, -0.25) is 0 Å². The van der Waals surface area contributed by atoms with Crippen LogP contribution in [-0.4, -0.2) is 11.2 Å². The van der Waals surface area contributed by atoms with Gasteiger partial charge >= 0.3 is 0 Å². The zero-order chi connectivity index (χ0) is 6.91. The quantitative estimate of drug-likeness (QED) is 0.490. The van der Waals surface area contributed by atoms with Crippen molar-refractivity contribution in [3.8, 4) is 0 Å². The number of aliphatic hydroxyl groups excluding tert-OH is 1. The summed E-state index contributed by atoms with van der Waals surface area (Å²) in [6, 6.07) is 0. The third-order valence-electron chi connectivity index (χ3n) is 1.79. The van der Waals surface area contributed by atoms with Crippen LogP contribution in [0.3, 0.4) is 0 Å². The molecule has 1 aliphatic rings. The topological polar surface area (TPSA) is 20.2 Å². The van der Waals surface area contributed by atoms with Crippen molar-refractivity contribution >= 4 is 0 Å². The van der Waals surface area contributed by atoms with Crippen molar-refractivity contribution in [2.45, 2.75) is 32.8 Å². The van der Waals surface area contributed by atoms with E-state index in [2.05, 4.69) is 19.9 Å². The van der Waals surface area contributed by atoms with Gasteiger partial charge in [-0.25, -0.2) is 0 Å². The van der Waals surface area contributed by atoms with E-state index in [0.29, 0.717) is 5.41 Å². The monoisotopic (exact) mass is 126 g/mol. The molecule has 0 radical (unpaired) electrons. The average molecular weight is 126 g/mol. The Morgan fingerprint density at radius 3 is 2.56 bits per heavy atom. The molecule has 1 atom stereocenters. The largest absolute Gasteiger partial charge is 0.389 e. The Labute approximate surface area is 56.4 Å². The molecule has 0 amide bonds. The Bertz CT molecular complexity index is 125. The Balaban J connectivity index is 2.58. The highest BCUT2D eigenvalue weighted by molar-refractivity contribution is 4.99. The minimum Gasteiger partial charge on any atom is -0.389 e. The molecule has 0 aromatic rings. The molecule has 0 saturated heterocycles. The molecule has 1 nitrogen and oxygen atoms in total. The lowest BCUT2D eigenvalue weighted by atomic mass is 9.80. The Kier molecular flexibility index (Phi) is 1.62. The lowest BCUT2D eigenvalue weighted by molar-refractivity contribution is 0.143. The Hall–Kier alpha value is -0.300. The van der Waals surface area contributed by atoms with Crippen LogP contribution in [-0.2, 0) is 0 Å². The van der Waals surface area contributed by atoms with Gasteiger partial charge in [0.25, 0.3) is 0 Å². The molecule has 1 rings (SSSR count). The molecular weight excluding hydrogens is 112 g/mol. The number of rotatable bonds is 0. The first-order valence-corrected chi connectivity index (χ1v) is 3.45. The zero-order valence-electron chi connectivity index (χ0n) is 6.09. The number of allylic oxidation sites excluding steroid dienone is 1. The molecule has 1 N–H and O–H groups in total. The van der Waals surface area contributed by atoms with E-state index in [9.17, 15) is 0 Å². The Morgan fingerprint density at radius 2 is 2.22 bits per heavy atom. The summed E-state index contributed by atoms with van der Waals surface area (Å²) in [6.07, 6.45) is 5.75. The van der Waals surface area contributed by atoms with Crippen LogP contribution in [0.25, 0.3) is 0 Å². The van der Waals surface area contributed by atoms with Crippen molar-refractivity contribution in [2.24, 2.45) is 5.41 Å². The summed E-state index contributed by atoms with van der Waals surface area (Å²) in [6.45, 7) is 4.36. The molecule has 0 saturated carbocycles. The molecule has 52 valence electrons. The highest BCUT2D eigenvalue weighted by Gasteiger charge is 2.22. The number of aliphatic hydroxyl groups is 1.